The Kier molecular flexibility index (Phi) is 0.272. The first-order valence-electron chi connectivity index (χ1n) is 2.47. The first-order chi connectivity index (χ1) is 3.30. The molecule has 0 aromatic rings. The van der Waals surface area contributed by atoms with Crippen molar-refractivity contribution >= 4 is 6.19 Å². The zero-order valence-corrected chi connectivity index (χ0v) is 2.64. The van der Waals surface area contributed by atoms with E-state index in [0.717, 1.165) is 0 Å². The number of nitrogens with zero attached hydrogens (tertiary/aromatic N) is 1. The van der Waals surface area contributed by atoms with Crippen LogP contribution in [0.4, 0.5) is 0 Å². The maximum Gasteiger partial charge on any atom is 0.122 e. The van der Waals surface area contributed by atoms with Crippen molar-refractivity contribution in [3.63, 3.8) is 0 Å². The van der Waals surface area contributed by atoms with Crippen molar-refractivity contribution in [3.8, 4) is 0 Å². The van der Waals surface area contributed by atoms with E-state index in [4.69, 9.17) is 2.74 Å². The first-order valence-corrected chi connectivity index (χ1v) is 1.39. The second-order valence-electron chi connectivity index (χ2n) is 0.720. The van der Waals surface area contributed by atoms with Gasteiger partial charge in [-0.1, -0.05) is 5.16 Å². The van der Waals surface area contributed by atoms with Gasteiger partial charge in [0.15, 0.2) is 0 Å². The van der Waals surface area contributed by atoms with Gasteiger partial charge in [-0.2, -0.15) is 0 Å². The normalized spacial score (nSPS) is 41.6. The molecule has 28 valence electrons. The zero-order chi connectivity index (χ0) is 5.28. The molecule has 1 rings (SSSR count). The largest absolute Gasteiger partial charge is 0.396 e. The third-order valence-electron chi connectivity index (χ3n) is 0.366. The fraction of sp³-hybridized carbons (Fsp3) is 0.667. The van der Waals surface area contributed by atoms with Crippen LogP contribution in [0.15, 0.2) is 5.16 Å². The highest BCUT2D eigenvalue weighted by Crippen LogP contribution is 1.86. The summed E-state index contributed by atoms with van der Waals surface area (Å²) in [5, 5.41) is 3.21. The van der Waals surface area contributed by atoms with Crippen LogP contribution in [-0.4, -0.2) is 12.8 Å². The summed E-state index contributed by atoms with van der Waals surface area (Å²) in [7, 11) is 0. The lowest BCUT2D eigenvalue weighted by Gasteiger charge is -1.76. The predicted molar refractivity (Wildman–Crippen MR) is 19.1 cm³/mol. The van der Waals surface area contributed by atoms with Gasteiger partial charge in [-0.25, -0.2) is 0 Å². The minimum Gasteiger partial charge on any atom is -0.396 e. The van der Waals surface area contributed by atoms with Crippen LogP contribution in [0.2, 0.25) is 0 Å². The highest BCUT2D eigenvalue weighted by molar-refractivity contribution is 5.57. The lowest BCUT2D eigenvalue weighted by atomic mass is 10.5. The van der Waals surface area contributed by atoms with E-state index >= 15 is 0 Å². The van der Waals surface area contributed by atoms with Crippen molar-refractivity contribution in [3.05, 3.63) is 0 Å². The molecule has 1 unspecified atom stereocenters. The molecule has 2 heteroatoms. The summed E-state index contributed by atoms with van der Waals surface area (Å²) in [5.41, 5.74) is 0. The molecular formula is C3H5NO. The molecule has 1 atom stereocenters. The third kappa shape index (κ3) is 0.375. The molecule has 0 amide bonds. The van der Waals surface area contributed by atoms with E-state index in [1.54, 1.807) is 0 Å². The van der Waals surface area contributed by atoms with Crippen molar-refractivity contribution in [2.24, 2.45) is 5.16 Å². The summed E-state index contributed by atoms with van der Waals surface area (Å²) in [6.45, 7) is 0.249. The summed E-state index contributed by atoms with van der Waals surface area (Å²) in [6.07, 6.45) is -0.514. The Balaban J connectivity index is 2.54. The summed E-state index contributed by atoms with van der Waals surface area (Å²) in [4.78, 5) is 4.38. The molecule has 1 aliphatic rings. The van der Waals surface area contributed by atoms with E-state index in [-0.39, 0.29) is 12.8 Å². The van der Waals surface area contributed by atoms with Gasteiger partial charge in [-0.3, -0.25) is 0 Å². The molecule has 0 N–H and O–H groups in total. The molecule has 0 saturated carbocycles. The Morgan fingerprint density at radius 3 is 3.60 bits per heavy atom. The molecule has 0 radical (unpaired) electrons. The van der Waals surface area contributed by atoms with Gasteiger partial charge in [0, 0.05) is 14.0 Å². The van der Waals surface area contributed by atoms with Crippen LogP contribution in [0.1, 0.15) is 9.14 Å². The molecular weight excluding hydrogens is 66.0 g/mol. The first kappa shape index (κ1) is 1.29. The van der Waals surface area contributed by atoms with Gasteiger partial charge in [-0.05, 0) is 0 Å². The Morgan fingerprint density at radius 1 is 2.40 bits per heavy atom. The molecule has 2 nitrogen and oxygen atoms in total. The van der Waals surface area contributed by atoms with Crippen LogP contribution >= 0.6 is 0 Å². The Bertz CT molecular complexity index is 103. The average Bonchev–Trinajstić information content (AvgIpc) is 1.91. The maximum atomic E-state index is 6.89. The van der Waals surface area contributed by atoms with E-state index in [9.17, 15) is 0 Å². The minimum absolute atomic E-state index is 0.0278. The van der Waals surface area contributed by atoms with Gasteiger partial charge in [0.25, 0.3) is 0 Å². The summed E-state index contributed by atoms with van der Waals surface area (Å²) in [5.74, 6) is 0. The molecule has 0 aromatic heterocycles. The van der Waals surface area contributed by atoms with Crippen molar-refractivity contribution in [1.29, 1.82) is 0 Å². The van der Waals surface area contributed by atoms with E-state index in [0.29, 0.717) is 0 Å². The summed E-state index contributed by atoms with van der Waals surface area (Å²) in [6, 6.07) is 0. The SMILES string of the molecule is [2H]C1=NOCC1[2H]. The van der Waals surface area contributed by atoms with E-state index in [1.807, 2.05) is 0 Å². The van der Waals surface area contributed by atoms with Crippen molar-refractivity contribution in [2.45, 2.75) is 6.40 Å². The maximum absolute atomic E-state index is 6.89. The van der Waals surface area contributed by atoms with Gasteiger partial charge in [0.2, 0.25) is 0 Å². The van der Waals surface area contributed by atoms with Crippen LogP contribution in [-0.2, 0) is 4.84 Å². The number of hydrogen-bond acceptors (Lipinski definition) is 2. The molecule has 0 aliphatic carbocycles. The monoisotopic (exact) mass is 73.0 g/mol. The van der Waals surface area contributed by atoms with E-state index < -0.39 is 6.40 Å². The van der Waals surface area contributed by atoms with Gasteiger partial charge in [0.1, 0.15) is 6.61 Å². The minimum atomic E-state index is -0.542. The Morgan fingerprint density at radius 2 is 3.40 bits per heavy atom. The van der Waals surface area contributed by atoms with Crippen LogP contribution in [0, 0.1) is 0 Å². The standard InChI is InChI=1S/C3H5NO/c1-2-4-5-3-1/h2H,1,3H2/i1D,2D. The Labute approximate surface area is 33.2 Å². The van der Waals surface area contributed by atoms with Crippen LogP contribution < -0.4 is 0 Å². The fourth-order valence-corrected chi connectivity index (χ4v) is 0.186. The lowest BCUT2D eigenvalue weighted by molar-refractivity contribution is 0.174. The van der Waals surface area contributed by atoms with Gasteiger partial charge < -0.3 is 4.84 Å². The van der Waals surface area contributed by atoms with Gasteiger partial charge in [0.05, 0.1) is 1.37 Å². The van der Waals surface area contributed by atoms with Crippen LogP contribution in [0.3, 0.4) is 0 Å². The zero-order valence-electron chi connectivity index (χ0n) is 4.64. The highest BCUT2D eigenvalue weighted by atomic mass is 16.6. The molecule has 0 spiro atoms. The van der Waals surface area contributed by atoms with Crippen molar-refractivity contribution in [1.82, 2.24) is 0 Å². The number of oxime groups is 1. The summed E-state index contributed by atoms with van der Waals surface area (Å²) < 4.78 is 13.7. The second kappa shape index (κ2) is 1.06. The van der Waals surface area contributed by atoms with Crippen molar-refractivity contribution in [2.75, 3.05) is 6.61 Å². The predicted octanol–water partition coefficient (Wildman–Crippen LogP) is 0.393. The molecule has 0 saturated heterocycles. The quantitative estimate of drug-likeness (QED) is 0.406. The molecule has 5 heavy (non-hydrogen) atoms. The van der Waals surface area contributed by atoms with Crippen molar-refractivity contribution < 1.29 is 7.58 Å². The molecule has 0 fully saturated rings. The highest BCUT2D eigenvalue weighted by Gasteiger charge is 1.86. The average molecular weight is 73.1 g/mol. The summed E-state index contributed by atoms with van der Waals surface area (Å²) >= 11 is 0. The third-order valence-corrected chi connectivity index (χ3v) is 0.366. The number of hydrogen-bond donors (Lipinski definition) is 0. The topological polar surface area (TPSA) is 21.6 Å². The van der Waals surface area contributed by atoms with E-state index in [2.05, 4.69) is 9.99 Å². The van der Waals surface area contributed by atoms with Crippen LogP contribution in [0.25, 0.3) is 0 Å². The lowest BCUT2D eigenvalue weighted by Crippen LogP contribution is -1.72. The Hall–Kier alpha value is -0.530. The fourth-order valence-electron chi connectivity index (χ4n) is 0.186. The smallest absolute Gasteiger partial charge is 0.122 e. The number of rotatable bonds is 0. The molecule has 1 heterocycles. The molecule has 1 aliphatic heterocycles. The van der Waals surface area contributed by atoms with E-state index in [1.165, 1.54) is 0 Å². The van der Waals surface area contributed by atoms with Crippen LogP contribution in [0.5, 0.6) is 0 Å². The van der Waals surface area contributed by atoms with Gasteiger partial charge >= 0.3 is 0 Å². The molecule has 0 aromatic carbocycles. The van der Waals surface area contributed by atoms with Gasteiger partial charge in [-0.15, -0.1) is 0 Å². The second-order valence-corrected chi connectivity index (χ2v) is 0.720. The molecule has 0 bridgehead atoms.